The van der Waals surface area contributed by atoms with Gasteiger partial charge in [-0.25, -0.2) is 4.79 Å². The average molecular weight is 324 g/mol. The molecule has 0 fully saturated rings. The van der Waals surface area contributed by atoms with Gasteiger partial charge in [0.25, 0.3) is 5.91 Å². The zero-order valence-corrected chi connectivity index (χ0v) is 12.9. The molecule has 0 aliphatic carbocycles. The van der Waals surface area contributed by atoms with Crippen molar-refractivity contribution >= 4 is 29.2 Å². The first-order valence-corrected chi connectivity index (χ1v) is 7.56. The first-order chi connectivity index (χ1) is 11.6. The van der Waals surface area contributed by atoms with Gasteiger partial charge in [0, 0.05) is 17.8 Å². The number of amides is 2. The van der Waals surface area contributed by atoms with Crippen LogP contribution in [0, 0.1) is 0 Å². The molecule has 2 amide bonds. The lowest BCUT2D eigenvalue weighted by molar-refractivity contribution is -0.119. The van der Waals surface area contributed by atoms with E-state index in [9.17, 15) is 14.4 Å². The molecule has 2 aromatic rings. The Balaban J connectivity index is 1.57. The fourth-order valence-electron chi connectivity index (χ4n) is 2.44. The normalized spacial score (nSPS) is 12.8. The zero-order valence-electron chi connectivity index (χ0n) is 12.9. The number of fused-ring (bicyclic) bond motifs is 1. The number of anilines is 2. The first-order valence-electron chi connectivity index (χ1n) is 7.56. The molecule has 1 aliphatic heterocycles. The minimum absolute atomic E-state index is 0.0320. The van der Waals surface area contributed by atoms with Gasteiger partial charge in [-0.3, -0.25) is 9.59 Å². The van der Waals surface area contributed by atoms with E-state index >= 15 is 0 Å². The van der Waals surface area contributed by atoms with Crippen molar-refractivity contribution in [2.45, 2.75) is 12.8 Å². The number of ether oxygens (including phenoxy) is 1. The molecule has 24 heavy (non-hydrogen) atoms. The molecule has 6 nitrogen and oxygen atoms in total. The molecule has 122 valence electrons. The van der Waals surface area contributed by atoms with Gasteiger partial charge in [0.15, 0.2) is 6.61 Å². The topological polar surface area (TPSA) is 84.5 Å². The van der Waals surface area contributed by atoms with Crippen molar-refractivity contribution < 1.29 is 19.1 Å². The maximum atomic E-state index is 12.1. The average Bonchev–Trinajstić information content (AvgIpc) is 2.60. The third-order valence-corrected chi connectivity index (χ3v) is 3.63. The second-order valence-electron chi connectivity index (χ2n) is 5.41. The van der Waals surface area contributed by atoms with E-state index in [1.807, 2.05) is 6.07 Å². The van der Waals surface area contributed by atoms with Crippen molar-refractivity contribution in [2.24, 2.45) is 0 Å². The van der Waals surface area contributed by atoms with Crippen LogP contribution < -0.4 is 10.6 Å². The molecule has 1 heterocycles. The summed E-state index contributed by atoms with van der Waals surface area (Å²) in [6.45, 7) is -0.360. The van der Waals surface area contributed by atoms with Gasteiger partial charge in [0.1, 0.15) is 0 Å². The van der Waals surface area contributed by atoms with E-state index in [4.69, 9.17) is 4.74 Å². The fourth-order valence-corrected chi connectivity index (χ4v) is 2.44. The van der Waals surface area contributed by atoms with E-state index in [1.54, 1.807) is 42.5 Å². The number of benzene rings is 2. The summed E-state index contributed by atoms with van der Waals surface area (Å²) >= 11 is 0. The summed E-state index contributed by atoms with van der Waals surface area (Å²) in [6.07, 6.45) is 0.974. The molecule has 2 N–H and O–H groups in total. The summed E-state index contributed by atoms with van der Waals surface area (Å²) in [4.78, 5) is 35.2. The van der Waals surface area contributed by atoms with Gasteiger partial charge in [0.05, 0.1) is 5.56 Å². The van der Waals surface area contributed by atoms with Crippen LogP contribution in [0.4, 0.5) is 11.4 Å². The zero-order chi connectivity index (χ0) is 16.9. The van der Waals surface area contributed by atoms with E-state index in [1.165, 1.54) is 0 Å². The number of carbonyl (C=O) groups excluding carboxylic acids is 3. The molecule has 3 rings (SSSR count). The predicted molar refractivity (Wildman–Crippen MR) is 88.7 cm³/mol. The van der Waals surface area contributed by atoms with Crippen LogP contribution in [0.1, 0.15) is 22.3 Å². The van der Waals surface area contributed by atoms with E-state index in [0.29, 0.717) is 29.8 Å². The number of hydrogen-bond acceptors (Lipinski definition) is 4. The van der Waals surface area contributed by atoms with Crippen LogP contribution in [0.5, 0.6) is 0 Å². The third kappa shape index (κ3) is 3.78. The summed E-state index contributed by atoms with van der Waals surface area (Å²) in [5.41, 5.74) is 2.60. The molecule has 0 saturated carbocycles. The largest absolute Gasteiger partial charge is 0.452 e. The number of hydrogen-bond donors (Lipinski definition) is 2. The van der Waals surface area contributed by atoms with Crippen molar-refractivity contribution in [3.63, 3.8) is 0 Å². The van der Waals surface area contributed by atoms with Crippen LogP contribution in [0.15, 0.2) is 48.5 Å². The highest BCUT2D eigenvalue weighted by atomic mass is 16.5. The van der Waals surface area contributed by atoms with Gasteiger partial charge in [-0.1, -0.05) is 18.2 Å². The maximum Gasteiger partial charge on any atom is 0.338 e. The highest BCUT2D eigenvalue weighted by Crippen LogP contribution is 2.23. The van der Waals surface area contributed by atoms with Gasteiger partial charge in [0.2, 0.25) is 5.91 Å². The van der Waals surface area contributed by atoms with Crippen LogP contribution in [-0.4, -0.2) is 24.4 Å². The van der Waals surface area contributed by atoms with Crippen LogP contribution in [-0.2, 0) is 20.7 Å². The summed E-state index contributed by atoms with van der Waals surface area (Å²) in [5.74, 6) is -1.01. The Kier molecular flexibility index (Phi) is 4.56. The van der Waals surface area contributed by atoms with Crippen molar-refractivity contribution in [3.8, 4) is 0 Å². The Labute approximate surface area is 138 Å². The van der Waals surface area contributed by atoms with E-state index in [2.05, 4.69) is 10.6 Å². The SMILES string of the molecule is O=C(COC(=O)c1ccc2c(c1)CCC(=O)N2)Nc1ccccc1. The van der Waals surface area contributed by atoms with E-state index in [-0.39, 0.29) is 12.5 Å². The quantitative estimate of drug-likeness (QED) is 0.846. The molecule has 0 radical (unpaired) electrons. The smallest absolute Gasteiger partial charge is 0.338 e. The van der Waals surface area contributed by atoms with Gasteiger partial charge < -0.3 is 15.4 Å². The van der Waals surface area contributed by atoms with Crippen molar-refractivity contribution in [2.75, 3.05) is 17.2 Å². The summed E-state index contributed by atoms with van der Waals surface area (Å²) in [6, 6.07) is 13.9. The standard InChI is InChI=1S/C18H16N2O4/c21-16-9-7-12-10-13(6-8-15(12)20-16)18(23)24-11-17(22)19-14-4-2-1-3-5-14/h1-6,8,10H,7,9,11H2,(H,19,22)(H,20,21). The fraction of sp³-hybridized carbons (Fsp3) is 0.167. The van der Waals surface area contributed by atoms with Gasteiger partial charge >= 0.3 is 5.97 Å². The number of rotatable bonds is 4. The summed E-state index contributed by atoms with van der Waals surface area (Å²) < 4.78 is 5.04. The third-order valence-electron chi connectivity index (χ3n) is 3.63. The molecule has 0 atom stereocenters. The first kappa shape index (κ1) is 15.7. The van der Waals surface area contributed by atoms with Gasteiger partial charge in [-0.15, -0.1) is 0 Å². The highest BCUT2D eigenvalue weighted by Gasteiger charge is 2.17. The Morgan fingerprint density at radius 3 is 2.67 bits per heavy atom. The van der Waals surface area contributed by atoms with Crippen LogP contribution in [0.3, 0.4) is 0 Å². The molecular formula is C18H16N2O4. The Bertz CT molecular complexity index is 787. The molecule has 2 aromatic carbocycles. The summed E-state index contributed by atoms with van der Waals surface area (Å²) in [5, 5.41) is 5.39. The predicted octanol–water partition coefficient (Wildman–Crippen LogP) is 2.37. The van der Waals surface area contributed by atoms with Gasteiger partial charge in [-0.05, 0) is 42.3 Å². The van der Waals surface area contributed by atoms with E-state index < -0.39 is 11.9 Å². The number of nitrogens with one attached hydrogen (secondary N) is 2. The highest BCUT2D eigenvalue weighted by molar-refractivity contribution is 5.97. The molecule has 1 aliphatic rings. The summed E-state index contributed by atoms with van der Waals surface area (Å²) in [7, 11) is 0. The minimum Gasteiger partial charge on any atom is -0.452 e. The second kappa shape index (κ2) is 6.95. The molecule has 6 heteroatoms. The molecule has 0 spiro atoms. The second-order valence-corrected chi connectivity index (χ2v) is 5.41. The molecule has 0 saturated heterocycles. The maximum absolute atomic E-state index is 12.1. The number of esters is 1. The lowest BCUT2D eigenvalue weighted by Gasteiger charge is -2.17. The van der Waals surface area contributed by atoms with Crippen molar-refractivity contribution in [3.05, 3.63) is 59.7 Å². The molecule has 0 aromatic heterocycles. The molecule has 0 bridgehead atoms. The van der Waals surface area contributed by atoms with E-state index in [0.717, 1.165) is 5.56 Å². The molecular weight excluding hydrogens is 308 g/mol. The van der Waals surface area contributed by atoms with Crippen molar-refractivity contribution in [1.29, 1.82) is 0 Å². The van der Waals surface area contributed by atoms with Crippen LogP contribution >= 0.6 is 0 Å². The minimum atomic E-state index is -0.571. The Morgan fingerprint density at radius 2 is 1.88 bits per heavy atom. The van der Waals surface area contributed by atoms with Crippen LogP contribution in [0.25, 0.3) is 0 Å². The number of para-hydroxylation sites is 1. The lowest BCUT2D eigenvalue weighted by Crippen LogP contribution is -2.22. The monoisotopic (exact) mass is 324 g/mol. The number of carbonyl (C=O) groups is 3. The number of aryl methyl sites for hydroxylation is 1. The Morgan fingerprint density at radius 1 is 1.08 bits per heavy atom. The Hall–Kier alpha value is -3.15. The lowest BCUT2D eigenvalue weighted by atomic mass is 10.0. The van der Waals surface area contributed by atoms with Gasteiger partial charge in [-0.2, -0.15) is 0 Å². The molecule has 0 unspecified atom stereocenters. The van der Waals surface area contributed by atoms with Crippen molar-refractivity contribution in [1.82, 2.24) is 0 Å². The van der Waals surface area contributed by atoms with Crippen LogP contribution in [0.2, 0.25) is 0 Å².